The van der Waals surface area contributed by atoms with Gasteiger partial charge in [-0.05, 0) is 81.9 Å². The molecular weight excluding hydrogens is 428 g/mol. The second kappa shape index (κ2) is 9.66. The average Bonchev–Trinajstić information content (AvgIpc) is 3.26. The summed E-state index contributed by atoms with van der Waals surface area (Å²) in [6, 6.07) is 13.1. The van der Waals surface area contributed by atoms with E-state index in [9.17, 15) is 4.79 Å². The van der Waals surface area contributed by atoms with Gasteiger partial charge in [-0.3, -0.25) is 4.90 Å². The lowest BCUT2D eigenvalue weighted by atomic mass is 9.95. The monoisotopic (exact) mass is 462 g/mol. The average molecular weight is 463 g/mol. The number of imidazole rings is 1. The van der Waals surface area contributed by atoms with Crippen LogP contribution in [0.1, 0.15) is 49.2 Å². The number of hydrogen-bond donors (Lipinski definition) is 1. The summed E-state index contributed by atoms with van der Waals surface area (Å²) in [5.74, 6) is 2.01. The Morgan fingerprint density at radius 2 is 1.94 bits per heavy atom. The van der Waals surface area contributed by atoms with Crippen molar-refractivity contribution in [3.63, 3.8) is 0 Å². The van der Waals surface area contributed by atoms with Crippen LogP contribution in [0.5, 0.6) is 5.75 Å². The highest BCUT2D eigenvalue weighted by Crippen LogP contribution is 2.38. The first-order valence-electron chi connectivity index (χ1n) is 12.3. The number of nitrogens with one attached hydrogen (secondary N) is 1. The number of benzene rings is 2. The topological polar surface area (TPSA) is 68.6 Å². The molecule has 1 fully saturated rings. The molecule has 3 aromatic rings. The molecule has 2 aromatic carbocycles. The molecule has 2 aliphatic heterocycles. The van der Waals surface area contributed by atoms with E-state index in [0.29, 0.717) is 6.04 Å². The lowest BCUT2D eigenvalue weighted by molar-refractivity contribution is 0.175. The minimum atomic E-state index is -0.302. The largest absolute Gasteiger partial charge is 0.497 e. The molecule has 1 N–H and O–H groups in total. The molecule has 2 aliphatic rings. The zero-order valence-corrected chi connectivity index (χ0v) is 20.3. The van der Waals surface area contributed by atoms with Gasteiger partial charge in [0.1, 0.15) is 11.6 Å². The molecule has 1 amide bonds. The molecule has 180 valence electrons. The van der Waals surface area contributed by atoms with E-state index in [1.165, 1.54) is 18.2 Å². The van der Waals surface area contributed by atoms with Gasteiger partial charge in [0.25, 0.3) is 0 Å². The van der Waals surface area contributed by atoms with Crippen LogP contribution in [-0.2, 0) is 24.0 Å². The van der Waals surface area contributed by atoms with Gasteiger partial charge < -0.3 is 19.4 Å². The highest BCUT2D eigenvalue weighted by Gasteiger charge is 2.32. The number of anilines is 1. The fourth-order valence-electron chi connectivity index (χ4n) is 5.56. The molecule has 0 aliphatic carbocycles. The number of hydrogen-bond acceptors (Lipinski definition) is 5. The van der Waals surface area contributed by atoms with Gasteiger partial charge in [0, 0.05) is 24.1 Å². The molecule has 0 bridgehead atoms. The molecule has 3 heterocycles. The van der Waals surface area contributed by atoms with E-state index in [1.54, 1.807) is 12.0 Å². The van der Waals surface area contributed by atoms with Crippen LogP contribution in [-0.4, -0.2) is 49.0 Å². The summed E-state index contributed by atoms with van der Waals surface area (Å²) in [6.07, 6.45) is 5.47. The third-order valence-electron chi connectivity index (χ3n) is 7.34. The highest BCUT2D eigenvalue weighted by atomic mass is 16.5. The summed E-state index contributed by atoms with van der Waals surface area (Å²) in [4.78, 5) is 19.6. The first kappa shape index (κ1) is 22.7. The third kappa shape index (κ3) is 4.13. The van der Waals surface area contributed by atoms with Gasteiger partial charge in [-0.1, -0.05) is 12.1 Å². The molecule has 1 atom stereocenters. The van der Waals surface area contributed by atoms with Crippen molar-refractivity contribution in [2.24, 2.45) is 0 Å². The number of nitrogens with zero attached hydrogens (tertiary/aromatic N) is 3. The third-order valence-corrected chi connectivity index (χ3v) is 7.34. The Labute approximate surface area is 201 Å². The molecule has 34 heavy (non-hydrogen) atoms. The minimum Gasteiger partial charge on any atom is -0.497 e. The first-order chi connectivity index (χ1) is 16.6. The molecule has 7 nitrogen and oxygen atoms in total. The Hall–Kier alpha value is -3.06. The molecule has 0 radical (unpaired) electrons. The van der Waals surface area contributed by atoms with Crippen molar-refractivity contribution < 1.29 is 14.3 Å². The van der Waals surface area contributed by atoms with E-state index in [-0.39, 0.29) is 12.1 Å². The molecule has 0 unspecified atom stereocenters. The van der Waals surface area contributed by atoms with Crippen molar-refractivity contribution in [1.29, 1.82) is 0 Å². The lowest BCUT2D eigenvalue weighted by Crippen LogP contribution is -2.42. The van der Waals surface area contributed by atoms with Gasteiger partial charge >= 0.3 is 6.09 Å². The van der Waals surface area contributed by atoms with Crippen molar-refractivity contribution >= 4 is 22.8 Å². The Morgan fingerprint density at radius 3 is 2.71 bits per heavy atom. The quantitative estimate of drug-likeness (QED) is 0.597. The summed E-state index contributed by atoms with van der Waals surface area (Å²) in [6.45, 7) is 4.13. The summed E-state index contributed by atoms with van der Waals surface area (Å²) in [7, 11) is 3.15. The van der Waals surface area contributed by atoms with Crippen molar-refractivity contribution in [2.75, 3.05) is 32.2 Å². The van der Waals surface area contributed by atoms with Crippen LogP contribution in [0.2, 0.25) is 0 Å². The second-order valence-corrected chi connectivity index (χ2v) is 9.39. The van der Waals surface area contributed by atoms with E-state index < -0.39 is 0 Å². The van der Waals surface area contributed by atoms with Gasteiger partial charge in [-0.15, -0.1) is 0 Å². The van der Waals surface area contributed by atoms with Crippen molar-refractivity contribution in [1.82, 2.24) is 14.9 Å². The van der Waals surface area contributed by atoms with Crippen molar-refractivity contribution in [2.45, 2.75) is 57.5 Å². The Balaban J connectivity index is 1.57. The van der Waals surface area contributed by atoms with Gasteiger partial charge in [0.05, 0.1) is 30.9 Å². The van der Waals surface area contributed by atoms with Crippen LogP contribution in [0.15, 0.2) is 36.4 Å². The zero-order valence-electron chi connectivity index (χ0n) is 20.3. The molecular formula is C27H34N4O3. The van der Waals surface area contributed by atoms with E-state index in [4.69, 9.17) is 14.5 Å². The predicted octanol–water partition coefficient (Wildman–Crippen LogP) is 4.66. The van der Waals surface area contributed by atoms with Crippen LogP contribution in [0.3, 0.4) is 0 Å². The van der Waals surface area contributed by atoms with Crippen LogP contribution >= 0.6 is 0 Å². The summed E-state index contributed by atoms with van der Waals surface area (Å²) >= 11 is 0. The fourth-order valence-corrected chi connectivity index (χ4v) is 5.56. The Morgan fingerprint density at radius 1 is 1.12 bits per heavy atom. The molecule has 1 saturated heterocycles. The lowest BCUT2D eigenvalue weighted by Gasteiger charge is -2.34. The number of carbonyl (C=O) groups excluding carboxylic acids is 1. The normalized spacial score (nSPS) is 18.7. The highest BCUT2D eigenvalue weighted by molar-refractivity contribution is 5.95. The maximum absolute atomic E-state index is 12.6. The van der Waals surface area contributed by atoms with Crippen LogP contribution < -0.4 is 15.0 Å². The number of amides is 1. The van der Waals surface area contributed by atoms with E-state index in [2.05, 4.69) is 41.1 Å². The smallest absolute Gasteiger partial charge is 0.414 e. The number of fused-ring (bicyclic) bond motifs is 3. The van der Waals surface area contributed by atoms with Gasteiger partial charge in [-0.2, -0.15) is 0 Å². The maximum atomic E-state index is 12.6. The standard InChI is InChI=1S/C27H34N4O3/c1-18-7-9-22-23(30(18)27(32)34-3)10-11-24-26(22)29-25(31(24)20-13-15-28-16-14-20)12-8-19-5-4-6-21(17-19)33-2/h4-6,10-11,17-18,20,28H,7-9,12-16H2,1-3H3/t18-/m0/s1. The number of rotatable bonds is 5. The summed E-state index contributed by atoms with van der Waals surface area (Å²) in [5.41, 5.74) is 5.57. The van der Waals surface area contributed by atoms with Crippen molar-refractivity contribution in [3.8, 4) is 5.75 Å². The zero-order chi connectivity index (χ0) is 23.7. The molecule has 0 saturated carbocycles. The Bertz CT molecular complexity index is 1180. The second-order valence-electron chi connectivity index (χ2n) is 9.39. The maximum Gasteiger partial charge on any atom is 0.414 e. The molecule has 5 rings (SSSR count). The molecule has 1 aromatic heterocycles. The number of ether oxygens (including phenoxy) is 2. The molecule has 0 spiro atoms. The van der Waals surface area contributed by atoms with Crippen molar-refractivity contribution in [3.05, 3.63) is 53.3 Å². The van der Waals surface area contributed by atoms with E-state index in [0.717, 1.165) is 80.0 Å². The fraction of sp³-hybridized carbons (Fsp3) is 0.481. The van der Waals surface area contributed by atoms with Gasteiger partial charge in [0.15, 0.2) is 0 Å². The van der Waals surface area contributed by atoms with Gasteiger partial charge in [-0.25, -0.2) is 9.78 Å². The number of carbonyl (C=O) groups is 1. The minimum absolute atomic E-state index is 0.108. The predicted molar refractivity (Wildman–Crippen MR) is 134 cm³/mol. The number of aryl methyl sites for hydroxylation is 3. The summed E-state index contributed by atoms with van der Waals surface area (Å²) < 4.78 is 13.0. The van der Waals surface area contributed by atoms with Crippen LogP contribution in [0.25, 0.3) is 11.0 Å². The first-order valence-corrected chi connectivity index (χ1v) is 12.3. The summed E-state index contributed by atoms with van der Waals surface area (Å²) in [5, 5.41) is 3.49. The van der Waals surface area contributed by atoms with Crippen LogP contribution in [0, 0.1) is 0 Å². The number of piperidine rings is 1. The Kier molecular flexibility index (Phi) is 6.46. The molecule has 7 heteroatoms. The van der Waals surface area contributed by atoms with Crippen LogP contribution in [0.4, 0.5) is 10.5 Å². The van der Waals surface area contributed by atoms with E-state index >= 15 is 0 Å². The number of aromatic nitrogens is 2. The van der Waals surface area contributed by atoms with E-state index in [1.807, 2.05) is 12.1 Å². The SMILES string of the molecule is COC(=O)N1c2ccc3c(nc(CCc4cccc(OC)c4)n3C3CCNCC3)c2CC[C@@H]1C. The number of methoxy groups -OCH3 is 2. The van der Waals surface area contributed by atoms with Gasteiger partial charge in [0.2, 0.25) is 0 Å².